The molecule has 2 aromatic heterocycles. The molecule has 0 saturated heterocycles. The normalized spacial score (nSPS) is 11.9. The lowest BCUT2D eigenvalue weighted by Crippen LogP contribution is -2.25. The highest BCUT2D eigenvalue weighted by Gasteiger charge is 2.46. The van der Waals surface area contributed by atoms with Crippen LogP contribution >= 0.6 is 0 Å². The zero-order chi connectivity index (χ0) is 27.0. The fourth-order valence-electron chi connectivity index (χ4n) is 3.40. The van der Waals surface area contributed by atoms with Crippen molar-refractivity contribution in [1.29, 1.82) is 0 Å². The van der Waals surface area contributed by atoms with Crippen molar-refractivity contribution in [3.8, 4) is 11.6 Å². The maximum atomic E-state index is 13.1. The van der Waals surface area contributed by atoms with Gasteiger partial charge in [0.25, 0.3) is 15.7 Å². The van der Waals surface area contributed by atoms with Gasteiger partial charge in [-0.3, -0.25) is 14.3 Å². The number of hydrogen-bond acceptors (Lipinski definition) is 6. The fourth-order valence-corrected chi connectivity index (χ4v) is 4.16. The monoisotopic (exact) mass is 536 g/mol. The van der Waals surface area contributed by atoms with E-state index in [1.54, 1.807) is 0 Å². The quantitative estimate of drug-likeness (QED) is 0.364. The zero-order valence-corrected chi connectivity index (χ0v) is 19.3. The molecule has 0 aliphatic heterocycles. The number of sulfone groups is 1. The Hall–Kier alpha value is -4.46. The Labute approximate surface area is 206 Å². The molecule has 0 radical (unpaired) electrons. The second kappa shape index (κ2) is 9.54. The number of aromatic hydroxyl groups is 1. The van der Waals surface area contributed by atoms with Crippen molar-refractivity contribution in [3.63, 3.8) is 0 Å². The molecule has 2 N–H and O–H groups in total. The van der Waals surface area contributed by atoms with Crippen LogP contribution in [0.25, 0.3) is 5.69 Å². The summed E-state index contributed by atoms with van der Waals surface area (Å²) in [6.07, 6.45) is 3.80. The number of carbonyl (C=O) groups excluding carboxylic acids is 1. The van der Waals surface area contributed by atoms with E-state index in [0.29, 0.717) is 17.7 Å². The third-order valence-electron chi connectivity index (χ3n) is 5.25. The van der Waals surface area contributed by atoms with Gasteiger partial charge < -0.3 is 10.4 Å². The van der Waals surface area contributed by atoms with Gasteiger partial charge >= 0.3 is 11.2 Å². The van der Waals surface area contributed by atoms with Crippen LogP contribution in [0, 0.1) is 5.82 Å². The first-order chi connectivity index (χ1) is 17.4. The number of alkyl halides is 3. The molecule has 0 spiro atoms. The molecule has 0 unspecified atom stereocenters. The van der Waals surface area contributed by atoms with Crippen molar-refractivity contribution in [2.75, 3.05) is 5.32 Å². The second-order valence-corrected chi connectivity index (χ2v) is 9.61. The molecular weight excluding hydrogens is 520 g/mol. The van der Waals surface area contributed by atoms with E-state index in [-0.39, 0.29) is 23.5 Å². The summed E-state index contributed by atoms with van der Waals surface area (Å²) in [5.74, 6) is -1.64. The number of benzene rings is 2. The van der Waals surface area contributed by atoms with Crippen molar-refractivity contribution in [2.45, 2.75) is 16.9 Å². The van der Waals surface area contributed by atoms with Crippen LogP contribution in [0.2, 0.25) is 0 Å². The maximum absolute atomic E-state index is 13.1. The molecular formula is C23H16F4N4O5S. The Kier molecular flexibility index (Phi) is 6.61. The fraction of sp³-hybridized carbons (Fsp3) is 0.0870. The van der Waals surface area contributed by atoms with Crippen LogP contribution in [0.1, 0.15) is 15.9 Å². The summed E-state index contributed by atoms with van der Waals surface area (Å²) >= 11 is 0. The van der Waals surface area contributed by atoms with E-state index in [1.807, 2.05) is 0 Å². The van der Waals surface area contributed by atoms with E-state index in [0.717, 1.165) is 39.6 Å². The zero-order valence-electron chi connectivity index (χ0n) is 18.5. The van der Waals surface area contributed by atoms with Crippen molar-refractivity contribution >= 4 is 21.4 Å². The molecule has 0 fully saturated rings. The lowest BCUT2D eigenvalue weighted by Gasteiger charge is -2.11. The smallest absolute Gasteiger partial charge is 0.493 e. The van der Waals surface area contributed by atoms with Crippen LogP contribution in [0.3, 0.4) is 0 Å². The minimum atomic E-state index is -5.58. The Bertz CT molecular complexity index is 1630. The molecule has 37 heavy (non-hydrogen) atoms. The predicted molar refractivity (Wildman–Crippen MR) is 123 cm³/mol. The van der Waals surface area contributed by atoms with E-state index in [1.165, 1.54) is 30.6 Å². The van der Waals surface area contributed by atoms with Crippen molar-refractivity contribution in [1.82, 2.24) is 14.1 Å². The standard InChI is InChI=1S/C23H16F4N4O5S/c24-16-3-1-14(2-4-16)21(33)29-19-11-28-10-9-15(19)12-30-13-20(32)31(22(30)34)17-5-7-18(8-6-17)37(35,36)23(25,26)27/h1-11,13,32H,12H2,(H,29,33). The number of anilines is 1. The highest BCUT2D eigenvalue weighted by atomic mass is 32.2. The van der Waals surface area contributed by atoms with Gasteiger partial charge in [-0.1, -0.05) is 0 Å². The molecule has 0 saturated carbocycles. The Morgan fingerprint density at radius 3 is 2.30 bits per heavy atom. The number of hydrogen-bond donors (Lipinski definition) is 2. The number of imidazole rings is 1. The van der Waals surface area contributed by atoms with Crippen LogP contribution in [0.4, 0.5) is 23.2 Å². The van der Waals surface area contributed by atoms with Gasteiger partial charge in [-0.25, -0.2) is 22.2 Å². The first-order valence-corrected chi connectivity index (χ1v) is 11.8. The van der Waals surface area contributed by atoms with Gasteiger partial charge in [-0.2, -0.15) is 13.2 Å². The summed E-state index contributed by atoms with van der Waals surface area (Å²) in [6, 6.07) is 9.57. The summed E-state index contributed by atoms with van der Waals surface area (Å²) in [5, 5.41) is 12.9. The van der Waals surface area contributed by atoms with Gasteiger partial charge in [0, 0.05) is 11.8 Å². The van der Waals surface area contributed by atoms with E-state index in [4.69, 9.17) is 0 Å². The molecule has 192 valence electrons. The number of halogens is 4. The minimum absolute atomic E-state index is 0.0815. The number of pyridine rings is 1. The van der Waals surface area contributed by atoms with Crippen LogP contribution < -0.4 is 11.0 Å². The van der Waals surface area contributed by atoms with Gasteiger partial charge in [-0.05, 0) is 60.2 Å². The highest BCUT2D eigenvalue weighted by Crippen LogP contribution is 2.30. The van der Waals surface area contributed by atoms with Gasteiger partial charge in [0.05, 0.1) is 35.2 Å². The van der Waals surface area contributed by atoms with Crippen molar-refractivity contribution in [2.24, 2.45) is 0 Å². The molecule has 0 aliphatic carbocycles. The molecule has 4 aromatic rings. The maximum Gasteiger partial charge on any atom is 0.501 e. The van der Waals surface area contributed by atoms with Gasteiger partial charge in [0.2, 0.25) is 5.88 Å². The van der Waals surface area contributed by atoms with Crippen LogP contribution in [0.5, 0.6) is 5.88 Å². The minimum Gasteiger partial charge on any atom is -0.493 e. The molecule has 1 amide bonds. The number of nitrogens with zero attached hydrogens (tertiary/aromatic N) is 3. The summed E-state index contributed by atoms with van der Waals surface area (Å²) < 4.78 is 76.4. The summed E-state index contributed by atoms with van der Waals surface area (Å²) in [4.78, 5) is 28.4. The Balaban J connectivity index is 1.61. The average Bonchev–Trinajstić information content (AvgIpc) is 3.12. The third kappa shape index (κ3) is 5.09. The first kappa shape index (κ1) is 25.6. The summed E-state index contributed by atoms with van der Waals surface area (Å²) in [7, 11) is -5.58. The number of carbonyl (C=O) groups is 1. The number of aromatic nitrogens is 3. The Morgan fingerprint density at radius 1 is 1.03 bits per heavy atom. The van der Waals surface area contributed by atoms with Crippen LogP contribution in [0.15, 0.2) is 82.9 Å². The second-order valence-electron chi connectivity index (χ2n) is 7.67. The van der Waals surface area contributed by atoms with E-state index < -0.39 is 43.5 Å². The molecule has 0 aliphatic rings. The largest absolute Gasteiger partial charge is 0.501 e. The predicted octanol–water partition coefficient (Wildman–Crippen LogP) is 3.47. The van der Waals surface area contributed by atoms with E-state index >= 15 is 0 Å². The highest BCUT2D eigenvalue weighted by molar-refractivity contribution is 7.92. The van der Waals surface area contributed by atoms with Crippen LogP contribution in [-0.4, -0.2) is 39.1 Å². The van der Waals surface area contributed by atoms with Gasteiger partial charge in [-0.15, -0.1) is 0 Å². The molecule has 9 nitrogen and oxygen atoms in total. The summed E-state index contributed by atoms with van der Waals surface area (Å²) in [5.41, 5.74) is -5.55. The molecule has 2 heterocycles. The average molecular weight is 536 g/mol. The molecule has 4 rings (SSSR count). The SMILES string of the molecule is O=C(Nc1cnccc1Cn1cc(O)n(-c2ccc(S(=O)(=O)C(F)(F)F)cc2)c1=O)c1ccc(F)cc1. The molecule has 0 atom stereocenters. The van der Waals surface area contributed by atoms with Gasteiger partial charge in [0.15, 0.2) is 0 Å². The lowest BCUT2D eigenvalue weighted by molar-refractivity contribution is -0.0436. The first-order valence-electron chi connectivity index (χ1n) is 10.3. The van der Waals surface area contributed by atoms with Gasteiger partial charge in [0.1, 0.15) is 5.82 Å². The molecule has 0 bridgehead atoms. The number of nitrogens with one attached hydrogen (secondary N) is 1. The Morgan fingerprint density at radius 2 is 1.68 bits per heavy atom. The third-order valence-corrected chi connectivity index (χ3v) is 6.76. The number of rotatable bonds is 6. The van der Waals surface area contributed by atoms with E-state index in [2.05, 4.69) is 10.3 Å². The van der Waals surface area contributed by atoms with E-state index in [9.17, 15) is 40.7 Å². The van der Waals surface area contributed by atoms with Crippen LogP contribution in [-0.2, 0) is 16.4 Å². The molecule has 2 aromatic carbocycles. The molecule has 14 heteroatoms. The topological polar surface area (TPSA) is 123 Å². The number of amides is 1. The van der Waals surface area contributed by atoms with Crippen molar-refractivity contribution in [3.05, 3.63) is 101 Å². The lowest BCUT2D eigenvalue weighted by atomic mass is 10.2. The summed E-state index contributed by atoms with van der Waals surface area (Å²) in [6.45, 7) is -0.151. The van der Waals surface area contributed by atoms with Crippen molar-refractivity contribution < 1.29 is 35.9 Å².